The van der Waals surface area contributed by atoms with Crippen LogP contribution < -0.4 is 11.5 Å². The van der Waals surface area contributed by atoms with Gasteiger partial charge in [0, 0.05) is 20.3 Å². The Balaban J connectivity index is 0.000000558. The number of benzene rings is 2. The van der Waals surface area contributed by atoms with Crippen molar-refractivity contribution in [1.82, 2.24) is 0 Å². The molecule has 2 aromatic carbocycles. The van der Waals surface area contributed by atoms with E-state index in [1.54, 1.807) is 0 Å². The summed E-state index contributed by atoms with van der Waals surface area (Å²) in [4.78, 5) is 28.5. The Kier molecular flexibility index (Phi) is 11.9. The molecule has 10 heteroatoms. The molecule has 0 bridgehead atoms. The zero-order valence-electron chi connectivity index (χ0n) is 12.9. The SMILES string of the molecule is O=[P+](O)O.O=[P+](O)O.[NH3+]c1ccccc1CCc1ccccc1[NH3+]. The Morgan fingerprint density at radius 1 is 0.667 bits per heavy atom. The maximum absolute atomic E-state index is 8.70. The van der Waals surface area contributed by atoms with Gasteiger partial charge in [-0.3, -0.25) is 0 Å². The van der Waals surface area contributed by atoms with E-state index in [1.807, 2.05) is 12.1 Å². The second-order valence-electron chi connectivity index (χ2n) is 4.54. The lowest BCUT2D eigenvalue weighted by atomic mass is 10.0. The standard InChI is InChI=1S/C14H16N2.2HO3P/c15-13-7-3-1-5-11(13)9-10-12-6-2-4-8-14(12)16;2*1-4(2)3/h1-8H,9-10,15-16H2;2*(H-,1,2,3)/p+4. The van der Waals surface area contributed by atoms with Crippen molar-refractivity contribution in [3.8, 4) is 0 Å². The molecule has 8 nitrogen and oxygen atoms in total. The Hall–Kier alpha value is -1.60. The molecule has 0 aromatic heterocycles. The van der Waals surface area contributed by atoms with Crippen molar-refractivity contribution in [3.05, 3.63) is 59.7 Å². The van der Waals surface area contributed by atoms with Gasteiger partial charge in [0.25, 0.3) is 0 Å². The van der Waals surface area contributed by atoms with E-state index in [4.69, 9.17) is 28.7 Å². The molecule has 0 saturated carbocycles. The molecule has 0 aliphatic heterocycles. The van der Waals surface area contributed by atoms with Gasteiger partial charge in [-0.15, -0.1) is 19.6 Å². The maximum atomic E-state index is 8.70. The molecule has 2 aromatic rings. The molecule has 0 fully saturated rings. The highest BCUT2D eigenvalue weighted by Gasteiger charge is 2.04. The van der Waals surface area contributed by atoms with E-state index in [-0.39, 0.29) is 0 Å². The van der Waals surface area contributed by atoms with E-state index in [0.717, 1.165) is 24.2 Å². The third kappa shape index (κ3) is 11.9. The van der Waals surface area contributed by atoms with Gasteiger partial charge in [-0.05, 0) is 25.0 Å². The van der Waals surface area contributed by atoms with E-state index in [0.29, 0.717) is 0 Å². The second-order valence-corrected chi connectivity index (χ2v) is 5.55. The van der Waals surface area contributed by atoms with Gasteiger partial charge >= 0.3 is 16.5 Å². The normalized spacial score (nSPS) is 9.08. The fraction of sp³-hybridized carbons (Fsp3) is 0.143. The van der Waals surface area contributed by atoms with E-state index >= 15 is 0 Å². The monoisotopic (exact) mass is 376 g/mol. The first kappa shape index (κ1) is 22.4. The third-order valence-corrected chi connectivity index (χ3v) is 2.90. The van der Waals surface area contributed by atoms with Crippen LogP contribution in [0.25, 0.3) is 0 Å². The van der Waals surface area contributed by atoms with Crippen LogP contribution in [0.15, 0.2) is 48.5 Å². The highest BCUT2D eigenvalue weighted by molar-refractivity contribution is 7.31. The van der Waals surface area contributed by atoms with Gasteiger partial charge in [0.1, 0.15) is 11.4 Å². The molecular formula is C14H22N2O6P2+4. The van der Waals surface area contributed by atoms with Crippen LogP contribution in [0, 0.1) is 0 Å². The van der Waals surface area contributed by atoms with Crippen LogP contribution in [-0.2, 0) is 22.0 Å². The molecule has 0 unspecified atom stereocenters. The quantitative estimate of drug-likeness (QED) is 0.425. The van der Waals surface area contributed by atoms with Crippen molar-refractivity contribution in [2.45, 2.75) is 12.8 Å². The van der Waals surface area contributed by atoms with E-state index < -0.39 is 16.5 Å². The molecule has 0 spiro atoms. The van der Waals surface area contributed by atoms with Gasteiger partial charge in [0.2, 0.25) is 0 Å². The number of hydrogen-bond acceptors (Lipinski definition) is 2. The summed E-state index contributed by atoms with van der Waals surface area (Å²) in [7, 11) is -5.74. The molecule has 0 atom stereocenters. The van der Waals surface area contributed by atoms with Gasteiger partial charge in [-0.25, -0.2) is 0 Å². The van der Waals surface area contributed by atoms with E-state index in [9.17, 15) is 0 Å². The second kappa shape index (κ2) is 12.8. The minimum Gasteiger partial charge on any atom is -0.325 e. The fourth-order valence-corrected chi connectivity index (χ4v) is 1.87. The summed E-state index contributed by atoms with van der Waals surface area (Å²) in [6, 6.07) is 16.6. The number of aryl methyl sites for hydroxylation is 2. The molecule has 0 saturated heterocycles. The summed E-state index contributed by atoms with van der Waals surface area (Å²) in [5.74, 6) is 0. The van der Waals surface area contributed by atoms with Crippen LogP contribution in [0.5, 0.6) is 0 Å². The van der Waals surface area contributed by atoms with E-state index in [2.05, 4.69) is 47.9 Å². The van der Waals surface area contributed by atoms with Crippen molar-refractivity contribution in [3.63, 3.8) is 0 Å². The summed E-state index contributed by atoms with van der Waals surface area (Å²) in [6.45, 7) is 0. The lowest BCUT2D eigenvalue weighted by molar-refractivity contribution is -0.257. The van der Waals surface area contributed by atoms with Gasteiger partial charge in [-0.1, -0.05) is 36.4 Å². The molecule has 24 heavy (non-hydrogen) atoms. The van der Waals surface area contributed by atoms with Gasteiger partial charge < -0.3 is 11.5 Å². The molecule has 130 valence electrons. The highest BCUT2D eigenvalue weighted by Crippen LogP contribution is 2.15. The van der Waals surface area contributed by atoms with Crippen molar-refractivity contribution in [2.75, 3.05) is 0 Å². The summed E-state index contributed by atoms with van der Waals surface area (Å²) in [5.41, 5.74) is 13.0. The minimum atomic E-state index is -2.87. The predicted octanol–water partition coefficient (Wildman–Crippen LogP) is 0.475. The largest absolute Gasteiger partial charge is 0.692 e. The first-order valence-corrected chi connectivity index (χ1v) is 9.06. The lowest BCUT2D eigenvalue weighted by Crippen LogP contribution is -2.42. The van der Waals surface area contributed by atoms with Crippen molar-refractivity contribution < 1.29 is 40.2 Å². The van der Waals surface area contributed by atoms with Gasteiger partial charge in [-0.2, -0.15) is 0 Å². The summed E-state index contributed by atoms with van der Waals surface area (Å²) >= 11 is 0. The average molecular weight is 376 g/mol. The molecule has 0 aliphatic carbocycles. The fourth-order valence-electron chi connectivity index (χ4n) is 1.87. The Labute approximate surface area is 141 Å². The third-order valence-electron chi connectivity index (χ3n) is 2.90. The molecule has 0 amide bonds. The number of hydrogen-bond donors (Lipinski definition) is 6. The summed E-state index contributed by atoms with van der Waals surface area (Å²) in [6.07, 6.45) is 2.07. The molecule has 0 heterocycles. The average Bonchev–Trinajstić information content (AvgIpc) is 2.47. The highest BCUT2D eigenvalue weighted by atomic mass is 31.1. The molecule has 0 aliphatic rings. The summed E-state index contributed by atoms with van der Waals surface area (Å²) < 4.78 is 17.4. The predicted molar refractivity (Wildman–Crippen MR) is 89.5 cm³/mol. The Bertz CT molecular complexity index is 604. The van der Waals surface area contributed by atoms with Crippen molar-refractivity contribution in [1.29, 1.82) is 0 Å². The minimum absolute atomic E-state index is 1.03. The van der Waals surface area contributed by atoms with Crippen LogP contribution in [0.3, 0.4) is 0 Å². The molecule has 2 rings (SSSR count). The smallest absolute Gasteiger partial charge is 0.325 e. The zero-order chi connectivity index (χ0) is 18.5. The maximum Gasteiger partial charge on any atom is 0.692 e. The van der Waals surface area contributed by atoms with E-state index in [1.165, 1.54) is 11.1 Å². The Morgan fingerprint density at radius 3 is 1.17 bits per heavy atom. The van der Waals surface area contributed by atoms with Crippen LogP contribution in [0.2, 0.25) is 0 Å². The summed E-state index contributed by atoms with van der Waals surface area (Å²) in [5, 5.41) is 0. The van der Waals surface area contributed by atoms with Crippen LogP contribution in [0.4, 0.5) is 11.4 Å². The first-order valence-electron chi connectivity index (χ1n) is 6.73. The first-order chi connectivity index (χ1) is 11.2. The van der Waals surface area contributed by atoms with Gasteiger partial charge in [0.05, 0.1) is 0 Å². The van der Waals surface area contributed by atoms with Crippen LogP contribution >= 0.6 is 16.5 Å². The topological polar surface area (TPSA) is 170 Å². The van der Waals surface area contributed by atoms with Gasteiger partial charge in [0.15, 0.2) is 0 Å². The Morgan fingerprint density at radius 2 is 0.917 bits per heavy atom. The molecular weight excluding hydrogens is 354 g/mol. The lowest BCUT2D eigenvalue weighted by Gasteiger charge is -2.03. The van der Waals surface area contributed by atoms with Crippen LogP contribution in [-0.4, -0.2) is 19.6 Å². The zero-order valence-corrected chi connectivity index (χ0v) is 14.7. The van der Waals surface area contributed by atoms with Crippen molar-refractivity contribution in [2.24, 2.45) is 0 Å². The molecule has 10 N–H and O–H groups in total. The number of quaternary nitrogens is 2. The van der Waals surface area contributed by atoms with Crippen molar-refractivity contribution >= 4 is 27.9 Å². The molecule has 0 radical (unpaired) electrons. The number of rotatable bonds is 3. The van der Waals surface area contributed by atoms with Crippen LogP contribution in [0.1, 0.15) is 11.1 Å².